The molecule has 4 amide bonds. The molecule has 0 aromatic heterocycles. The molecule has 1 aliphatic rings. The summed E-state index contributed by atoms with van der Waals surface area (Å²) in [6.07, 6.45) is 1.39. The van der Waals surface area contributed by atoms with E-state index in [2.05, 4.69) is 5.32 Å². The smallest absolute Gasteiger partial charge is 0.335 e. The molecule has 35 heavy (non-hydrogen) atoms. The van der Waals surface area contributed by atoms with E-state index in [9.17, 15) is 18.8 Å². The van der Waals surface area contributed by atoms with Gasteiger partial charge in [0.2, 0.25) is 0 Å². The predicted molar refractivity (Wildman–Crippen MR) is 137 cm³/mol. The molecule has 1 N–H and O–H groups in total. The number of imide groups is 2. The van der Waals surface area contributed by atoms with Gasteiger partial charge in [0.25, 0.3) is 11.8 Å². The Hall–Kier alpha value is -3.73. The molecular formula is C26H20FIN2O5. The van der Waals surface area contributed by atoms with Gasteiger partial charge in [0.15, 0.2) is 11.5 Å². The van der Waals surface area contributed by atoms with E-state index < -0.39 is 17.8 Å². The standard InChI is InChI=1S/C26H20FIN2O5/c1-15-7-9-18(10-8-15)30-25(32)19(24(31)29-26(30)33)11-16-12-21(28)23(22(13-16)34-2)35-14-17-5-3-4-6-20(17)27/h3-13H,14H2,1-2H3,(H,29,31,33)/b19-11+. The Bertz CT molecular complexity index is 1350. The van der Waals surface area contributed by atoms with Crippen LogP contribution in [0, 0.1) is 16.3 Å². The normalized spacial score (nSPS) is 14.8. The zero-order valence-corrected chi connectivity index (χ0v) is 21.0. The van der Waals surface area contributed by atoms with Crippen molar-refractivity contribution in [1.82, 2.24) is 5.32 Å². The number of barbiturate groups is 1. The molecule has 1 aliphatic heterocycles. The number of hydrogen-bond acceptors (Lipinski definition) is 5. The van der Waals surface area contributed by atoms with Gasteiger partial charge in [0.1, 0.15) is 18.0 Å². The maximum Gasteiger partial charge on any atom is 0.335 e. The molecule has 0 radical (unpaired) electrons. The Morgan fingerprint density at radius 1 is 1.06 bits per heavy atom. The van der Waals surface area contributed by atoms with Gasteiger partial charge in [-0.2, -0.15) is 0 Å². The maximum absolute atomic E-state index is 14.0. The summed E-state index contributed by atoms with van der Waals surface area (Å²) in [4.78, 5) is 38.9. The lowest BCUT2D eigenvalue weighted by Gasteiger charge is -2.26. The number of methoxy groups -OCH3 is 1. The van der Waals surface area contributed by atoms with Gasteiger partial charge in [0.05, 0.1) is 16.4 Å². The third kappa shape index (κ3) is 5.19. The van der Waals surface area contributed by atoms with Crippen LogP contribution < -0.4 is 19.7 Å². The fraction of sp³-hybridized carbons (Fsp3) is 0.115. The third-order valence-corrected chi connectivity index (χ3v) is 6.09. The van der Waals surface area contributed by atoms with Crippen molar-refractivity contribution in [3.63, 3.8) is 0 Å². The Morgan fingerprint density at radius 2 is 1.77 bits per heavy atom. The van der Waals surface area contributed by atoms with Gasteiger partial charge in [-0.25, -0.2) is 14.1 Å². The molecule has 0 spiro atoms. The van der Waals surface area contributed by atoms with E-state index in [1.54, 1.807) is 54.6 Å². The van der Waals surface area contributed by atoms with Crippen LogP contribution in [0.2, 0.25) is 0 Å². The SMILES string of the molecule is COc1cc(/C=C2\C(=O)NC(=O)N(c3ccc(C)cc3)C2=O)cc(I)c1OCc1ccccc1F. The number of anilines is 1. The fourth-order valence-electron chi connectivity index (χ4n) is 3.48. The van der Waals surface area contributed by atoms with Crippen molar-refractivity contribution in [3.8, 4) is 11.5 Å². The van der Waals surface area contributed by atoms with E-state index in [1.807, 2.05) is 29.5 Å². The highest BCUT2D eigenvalue weighted by Crippen LogP contribution is 2.35. The first-order valence-electron chi connectivity index (χ1n) is 10.5. The van der Waals surface area contributed by atoms with Crippen molar-refractivity contribution < 1.29 is 28.2 Å². The summed E-state index contributed by atoms with van der Waals surface area (Å²) in [7, 11) is 1.45. The molecule has 3 aromatic rings. The number of amides is 4. The topological polar surface area (TPSA) is 84.9 Å². The Balaban J connectivity index is 1.64. The van der Waals surface area contributed by atoms with Gasteiger partial charge < -0.3 is 9.47 Å². The second-order valence-electron chi connectivity index (χ2n) is 7.71. The molecule has 0 unspecified atom stereocenters. The summed E-state index contributed by atoms with van der Waals surface area (Å²) in [5.41, 5.74) is 1.98. The number of nitrogens with one attached hydrogen (secondary N) is 1. The van der Waals surface area contributed by atoms with Crippen LogP contribution in [0.3, 0.4) is 0 Å². The molecule has 0 aliphatic carbocycles. The van der Waals surface area contributed by atoms with Crippen LogP contribution in [0.5, 0.6) is 11.5 Å². The third-order valence-electron chi connectivity index (χ3n) is 5.29. The Morgan fingerprint density at radius 3 is 2.46 bits per heavy atom. The number of carbonyl (C=O) groups is 3. The van der Waals surface area contributed by atoms with Crippen molar-refractivity contribution in [2.75, 3.05) is 12.0 Å². The number of urea groups is 1. The highest BCUT2D eigenvalue weighted by atomic mass is 127. The van der Waals surface area contributed by atoms with E-state index in [0.717, 1.165) is 10.5 Å². The summed E-state index contributed by atoms with van der Waals surface area (Å²) >= 11 is 2.03. The number of hydrogen-bond donors (Lipinski definition) is 1. The van der Waals surface area contributed by atoms with E-state index in [0.29, 0.717) is 31.9 Å². The van der Waals surface area contributed by atoms with Crippen molar-refractivity contribution in [3.05, 3.63) is 92.3 Å². The van der Waals surface area contributed by atoms with Crippen molar-refractivity contribution in [2.24, 2.45) is 0 Å². The highest BCUT2D eigenvalue weighted by Gasteiger charge is 2.36. The number of halogens is 2. The monoisotopic (exact) mass is 586 g/mol. The van der Waals surface area contributed by atoms with Crippen LogP contribution in [0.4, 0.5) is 14.9 Å². The Kier molecular flexibility index (Phi) is 7.15. The summed E-state index contributed by atoms with van der Waals surface area (Å²) in [5.74, 6) is -1.17. The lowest BCUT2D eigenvalue weighted by atomic mass is 10.1. The molecule has 0 saturated carbocycles. The maximum atomic E-state index is 14.0. The summed E-state index contributed by atoms with van der Waals surface area (Å²) in [6.45, 7) is 1.88. The van der Waals surface area contributed by atoms with Gasteiger partial charge in [-0.15, -0.1) is 0 Å². The highest BCUT2D eigenvalue weighted by molar-refractivity contribution is 14.1. The van der Waals surface area contributed by atoms with E-state index in [4.69, 9.17) is 9.47 Å². The number of benzene rings is 3. The largest absolute Gasteiger partial charge is 0.493 e. The van der Waals surface area contributed by atoms with Gasteiger partial charge >= 0.3 is 6.03 Å². The van der Waals surface area contributed by atoms with Crippen LogP contribution >= 0.6 is 22.6 Å². The lowest BCUT2D eigenvalue weighted by Crippen LogP contribution is -2.54. The molecule has 1 fully saturated rings. The number of carbonyl (C=O) groups excluding carboxylic acids is 3. The number of rotatable bonds is 6. The molecule has 178 valence electrons. The average molecular weight is 586 g/mol. The quantitative estimate of drug-likeness (QED) is 0.250. The molecule has 9 heteroatoms. The van der Waals surface area contributed by atoms with E-state index >= 15 is 0 Å². The number of nitrogens with zero attached hydrogens (tertiary/aromatic N) is 1. The molecule has 3 aromatic carbocycles. The van der Waals surface area contributed by atoms with Gasteiger partial charge in [-0.05, 0) is 71.5 Å². The number of aryl methyl sites for hydroxylation is 1. The summed E-state index contributed by atoms with van der Waals surface area (Å²) in [6, 6.07) is 15.6. The summed E-state index contributed by atoms with van der Waals surface area (Å²) in [5, 5.41) is 2.21. The minimum absolute atomic E-state index is 0.00597. The van der Waals surface area contributed by atoms with Gasteiger partial charge in [-0.3, -0.25) is 14.9 Å². The molecule has 0 bridgehead atoms. The van der Waals surface area contributed by atoms with Crippen LogP contribution in [0.25, 0.3) is 6.08 Å². The second kappa shape index (κ2) is 10.3. The minimum atomic E-state index is -0.815. The Labute approximate surface area is 214 Å². The first-order chi connectivity index (χ1) is 16.8. The zero-order valence-electron chi connectivity index (χ0n) is 18.8. The van der Waals surface area contributed by atoms with Crippen molar-refractivity contribution in [1.29, 1.82) is 0 Å². The van der Waals surface area contributed by atoms with Crippen molar-refractivity contribution in [2.45, 2.75) is 13.5 Å². The molecular weight excluding hydrogens is 566 g/mol. The van der Waals surface area contributed by atoms with Crippen LogP contribution in [0.1, 0.15) is 16.7 Å². The predicted octanol–water partition coefficient (Wildman–Crippen LogP) is 4.99. The zero-order chi connectivity index (χ0) is 25.1. The molecule has 7 nitrogen and oxygen atoms in total. The first-order valence-corrected chi connectivity index (χ1v) is 11.6. The van der Waals surface area contributed by atoms with Crippen LogP contribution in [-0.4, -0.2) is 25.0 Å². The van der Waals surface area contributed by atoms with E-state index in [1.165, 1.54) is 19.3 Å². The first kappa shape index (κ1) is 24.4. The second-order valence-corrected chi connectivity index (χ2v) is 8.87. The van der Waals surface area contributed by atoms with Crippen LogP contribution in [0.15, 0.2) is 66.2 Å². The lowest BCUT2D eigenvalue weighted by molar-refractivity contribution is -0.122. The van der Waals surface area contributed by atoms with Gasteiger partial charge in [-0.1, -0.05) is 35.9 Å². The average Bonchev–Trinajstić information content (AvgIpc) is 2.83. The molecule has 1 saturated heterocycles. The molecule has 0 atom stereocenters. The minimum Gasteiger partial charge on any atom is -0.493 e. The number of ether oxygens (including phenoxy) is 2. The summed E-state index contributed by atoms with van der Waals surface area (Å²) < 4.78 is 25.8. The molecule has 1 heterocycles. The molecule has 4 rings (SSSR count). The van der Waals surface area contributed by atoms with E-state index in [-0.39, 0.29) is 18.0 Å². The van der Waals surface area contributed by atoms with Crippen LogP contribution in [-0.2, 0) is 16.2 Å². The van der Waals surface area contributed by atoms with Crippen molar-refractivity contribution >= 4 is 52.2 Å². The van der Waals surface area contributed by atoms with Gasteiger partial charge in [0, 0.05) is 5.56 Å². The fourth-order valence-corrected chi connectivity index (χ4v) is 4.26.